The molecule has 0 bridgehead atoms. The summed E-state index contributed by atoms with van der Waals surface area (Å²) in [7, 11) is 1.72. The fraction of sp³-hybridized carbons (Fsp3) is 0.174. The highest BCUT2D eigenvalue weighted by molar-refractivity contribution is 7.92. The molecule has 0 aliphatic rings. The summed E-state index contributed by atoms with van der Waals surface area (Å²) < 4.78 is 32.6. The maximum Gasteiger partial charge on any atom is 0.261 e. The van der Waals surface area contributed by atoms with Gasteiger partial charge in [-0.2, -0.15) is 0 Å². The van der Waals surface area contributed by atoms with Gasteiger partial charge < -0.3 is 15.0 Å². The number of amides is 1. The van der Waals surface area contributed by atoms with E-state index in [1.165, 1.54) is 19.2 Å². The number of carbonyl (C=O) groups is 1. The molecule has 0 fully saturated rings. The lowest BCUT2D eigenvalue weighted by Gasteiger charge is -2.13. The molecule has 1 amide bonds. The molecular formula is C23H25N3O4S. The maximum atomic E-state index is 12.5. The maximum absolute atomic E-state index is 12.5. The van der Waals surface area contributed by atoms with Crippen molar-refractivity contribution < 1.29 is 17.9 Å². The quantitative estimate of drug-likeness (QED) is 0.561. The minimum atomic E-state index is -3.74. The number of rotatable bonds is 8. The van der Waals surface area contributed by atoms with Crippen molar-refractivity contribution in [2.45, 2.75) is 11.4 Å². The van der Waals surface area contributed by atoms with E-state index in [4.69, 9.17) is 4.74 Å². The van der Waals surface area contributed by atoms with Crippen molar-refractivity contribution in [1.29, 1.82) is 0 Å². The topological polar surface area (TPSA) is 87.7 Å². The summed E-state index contributed by atoms with van der Waals surface area (Å²) in [4.78, 5) is 14.5. The molecule has 0 aromatic heterocycles. The highest BCUT2D eigenvalue weighted by atomic mass is 32.2. The molecule has 0 spiro atoms. The van der Waals surface area contributed by atoms with E-state index in [-0.39, 0.29) is 10.8 Å². The Bertz CT molecular complexity index is 1120. The van der Waals surface area contributed by atoms with Crippen molar-refractivity contribution in [3.63, 3.8) is 0 Å². The number of methoxy groups -OCH3 is 1. The lowest BCUT2D eigenvalue weighted by molar-refractivity contribution is 0.0951. The fourth-order valence-corrected chi connectivity index (χ4v) is 3.91. The summed E-state index contributed by atoms with van der Waals surface area (Å²) in [5.41, 5.74) is 2.88. The third kappa shape index (κ3) is 5.76. The van der Waals surface area contributed by atoms with Gasteiger partial charge in [-0.1, -0.05) is 12.1 Å². The van der Waals surface area contributed by atoms with Crippen molar-refractivity contribution >= 4 is 27.3 Å². The van der Waals surface area contributed by atoms with Gasteiger partial charge in [-0.15, -0.1) is 0 Å². The second-order valence-corrected chi connectivity index (χ2v) is 8.78. The summed E-state index contributed by atoms with van der Waals surface area (Å²) in [6.45, 7) is 0.401. The average Bonchev–Trinajstić information content (AvgIpc) is 2.78. The van der Waals surface area contributed by atoms with E-state index in [9.17, 15) is 13.2 Å². The van der Waals surface area contributed by atoms with Crippen LogP contribution >= 0.6 is 0 Å². The Hall–Kier alpha value is -3.52. The normalized spacial score (nSPS) is 10.9. The molecule has 2 N–H and O–H groups in total. The van der Waals surface area contributed by atoms with Gasteiger partial charge in [0.2, 0.25) is 0 Å². The number of anilines is 2. The molecule has 8 heteroatoms. The molecule has 0 saturated heterocycles. The Morgan fingerprint density at radius 1 is 0.903 bits per heavy atom. The van der Waals surface area contributed by atoms with Crippen LogP contribution in [0, 0.1) is 0 Å². The second kappa shape index (κ2) is 9.53. The average molecular weight is 440 g/mol. The Kier molecular flexibility index (Phi) is 6.81. The van der Waals surface area contributed by atoms with Gasteiger partial charge in [-0.05, 0) is 66.2 Å². The Labute approximate surface area is 182 Å². The molecule has 0 unspecified atom stereocenters. The van der Waals surface area contributed by atoms with Gasteiger partial charge in [0.25, 0.3) is 15.9 Å². The van der Waals surface area contributed by atoms with E-state index in [2.05, 4.69) is 10.0 Å². The Morgan fingerprint density at radius 2 is 1.52 bits per heavy atom. The molecule has 0 heterocycles. The van der Waals surface area contributed by atoms with Crippen molar-refractivity contribution in [3.05, 3.63) is 83.9 Å². The van der Waals surface area contributed by atoms with Gasteiger partial charge in [0.05, 0.1) is 12.0 Å². The SMILES string of the molecule is COc1ccc(S(=O)(=O)Nc2ccc(C(=O)NCc3ccc(N(C)C)cc3)cc2)cc1. The largest absolute Gasteiger partial charge is 0.497 e. The van der Waals surface area contributed by atoms with E-state index >= 15 is 0 Å². The number of sulfonamides is 1. The number of carbonyl (C=O) groups excluding carboxylic acids is 1. The van der Waals surface area contributed by atoms with Gasteiger partial charge in [0, 0.05) is 37.6 Å². The van der Waals surface area contributed by atoms with Gasteiger partial charge in [0.1, 0.15) is 5.75 Å². The van der Waals surface area contributed by atoms with Gasteiger partial charge in [0.15, 0.2) is 0 Å². The van der Waals surface area contributed by atoms with Crippen LogP contribution < -0.4 is 19.7 Å². The first-order valence-corrected chi connectivity index (χ1v) is 11.1. The Balaban J connectivity index is 1.60. The molecule has 3 aromatic rings. The molecule has 162 valence electrons. The number of hydrogen-bond acceptors (Lipinski definition) is 5. The lowest BCUT2D eigenvalue weighted by atomic mass is 10.1. The third-order valence-corrected chi connectivity index (χ3v) is 6.07. The summed E-state index contributed by atoms with van der Waals surface area (Å²) in [6.07, 6.45) is 0. The van der Waals surface area contributed by atoms with Crippen LogP contribution in [0.25, 0.3) is 0 Å². The first kappa shape index (κ1) is 22.2. The summed E-state index contributed by atoms with van der Waals surface area (Å²) in [5, 5.41) is 2.87. The summed E-state index contributed by atoms with van der Waals surface area (Å²) in [6, 6.07) is 20.3. The Morgan fingerprint density at radius 3 is 2.06 bits per heavy atom. The van der Waals surface area contributed by atoms with Gasteiger partial charge >= 0.3 is 0 Å². The summed E-state index contributed by atoms with van der Waals surface area (Å²) in [5.74, 6) is 0.337. The molecule has 3 aromatic carbocycles. The van der Waals surface area contributed by atoms with Crippen LogP contribution in [0.1, 0.15) is 15.9 Å². The molecule has 0 atom stereocenters. The van der Waals surface area contributed by atoms with Crippen LogP contribution in [0.4, 0.5) is 11.4 Å². The highest BCUT2D eigenvalue weighted by Gasteiger charge is 2.14. The van der Waals surface area contributed by atoms with Crippen LogP contribution in [-0.2, 0) is 16.6 Å². The number of nitrogens with zero attached hydrogens (tertiary/aromatic N) is 1. The zero-order valence-corrected chi connectivity index (χ0v) is 18.4. The fourth-order valence-electron chi connectivity index (χ4n) is 2.85. The number of hydrogen-bond donors (Lipinski definition) is 2. The number of ether oxygens (including phenoxy) is 1. The van der Waals surface area contributed by atoms with Crippen LogP contribution in [-0.4, -0.2) is 35.5 Å². The molecular weight excluding hydrogens is 414 g/mol. The third-order valence-electron chi connectivity index (χ3n) is 4.67. The van der Waals surface area contributed by atoms with Crippen molar-refractivity contribution in [1.82, 2.24) is 5.32 Å². The van der Waals surface area contributed by atoms with Crippen molar-refractivity contribution in [2.24, 2.45) is 0 Å². The molecule has 0 aliphatic carbocycles. The molecule has 0 aliphatic heterocycles. The summed E-state index contributed by atoms with van der Waals surface area (Å²) >= 11 is 0. The van der Waals surface area contributed by atoms with Crippen LogP contribution in [0.2, 0.25) is 0 Å². The molecule has 31 heavy (non-hydrogen) atoms. The van der Waals surface area contributed by atoms with E-state index < -0.39 is 10.0 Å². The van der Waals surface area contributed by atoms with Crippen LogP contribution in [0.15, 0.2) is 77.7 Å². The standard InChI is InChI=1S/C23H25N3O4S/c1-26(2)20-10-4-17(5-11-20)16-24-23(27)18-6-8-19(9-7-18)25-31(28,29)22-14-12-21(30-3)13-15-22/h4-15,25H,16H2,1-3H3,(H,24,27). The molecule has 0 saturated carbocycles. The minimum Gasteiger partial charge on any atom is -0.497 e. The van der Waals surface area contributed by atoms with E-state index in [0.717, 1.165) is 11.3 Å². The van der Waals surface area contributed by atoms with Crippen LogP contribution in [0.5, 0.6) is 5.75 Å². The highest BCUT2D eigenvalue weighted by Crippen LogP contribution is 2.19. The zero-order chi connectivity index (χ0) is 22.4. The first-order chi connectivity index (χ1) is 14.8. The van der Waals surface area contributed by atoms with E-state index in [0.29, 0.717) is 23.5 Å². The van der Waals surface area contributed by atoms with E-state index in [1.54, 1.807) is 36.4 Å². The monoisotopic (exact) mass is 439 g/mol. The predicted octanol–water partition coefficient (Wildman–Crippen LogP) is 3.49. The number of nitrogens with one attached hydrogen (secondary N) is 2. The molecule has 3 rings (SSSR count). The molecule has 0 radical (unpaired) electrons. The zero-order valence-electron chi connectivity index (χ0n) is 17.6. The number of benzene rings is 3. The van der Waals surface area contributed by atoms with Gasteiger partial charge in [-0.3, -0.25) is 9.52 Å². The first-order valence-electron chi connectivity index (χ1n) is 9.60. The molecule has 7 nitrogen and oxygen atoms in total. The van der Waals surface area contributed by atoms with Crippen molar-refractivity contribution in [2.75, 3.05) is 30.8 Å². The lowest BCUT2D eigenvalue weighted by Crippen LogP contribution is -2.22. The predicted molar refractivity (Wildman–Crippen MR) is 122 cm³/mol. The van der Waals surface area contributed by atoms with Crippen LogP contribution in [0.3, 0.4) is 0 Å². The van der Waals surface area contributed by atoms with E-state index in [1.807, 2.05) is 43.3 Å². The van der Waals surface area contributed by atoms with Crippen molar-refractivity contribution in [3.8, 4) is 5.75 Å². The van der Waals surface area contributed by atoms with Gasteiger partial charge in [-0.25, -0.2) is 8.42 Å². The second-order valence-electron chi connectivity index (χ2n) is 7.10. The smallest absolute Gasteiger partial charge is 0.261 e. The minimum absolute atomic E-state index is 0.121.